The zero-order chi connectivity index (χ0) is 6.95. The van der Waals surface area contributed by atoms with Gasteiger partial charge in [-0.05, 0) is 19.4 Å². The van der Waals surface area contributed by atoms with Crippen LogP contribution in [0.4, 0.5) is 0 Å². The summed E-state index contributed by atoms with van der Waals surface area (Å²) in [7, 11) is 0. The minimum atomic E-state index is 0.726. The maximum Gasteiger partial charge on any atom is 0.0861 e. The van der Waals surface area contributed by atoms with Gasteiger partial charge in [-0.1, -0.05) is 6.42 Å². The Bertz CT molecular complexity index is 94.5. The third kappa shape index (κ3) is 7.34. The average Bonchev–Trinajstić information content (AvgIpc) is 1.89. The Kier molecular flexibility index (Phi) is 6.80. The Labute approximate surface area is 55.5 Å². The summed E-state index contributed by atoms with van der Waals surface area (Å²) in [5.74, 6) is 0. The standard InChI is InChI=1S/C6H13N3/c7-4-2-1-3-5-9-6-8/h8H,1-5,7H2. The van der Waals surface area contributed by atoms with Crippen LogP contribution in [-0.2, 0) is 0 Å². The van der Waals surface area contributed by atoms with Gasteiger partial charge in [0.15, 0.2) is 0 Å². The van der Waals surface area contributed by atoms with Crippen LogP contribution in [0.25, 0.3) is 0 Å². The summed E-state index contributed by atoms with van der Waals surface area (Å²) in [6.45, 7) is 1.48. The molecule has 0 saturated heterocycles. The first kappa shape index (κ1) is 8.34. The highest BCUT2D eigenvalue weighted by Gasteiger charge is 1.83. The Morgan fingerprint density at radius 2 is 2.11 bits per heavy atom. The quantitative estimate of drug-likeness (QED) is 0.417. The van der Waals surface area contributed by atoms with Crippen molar-refractivity contribution in [3.8, 4) is 0 Å². The van der Waals surface area contributed by atoms with E-state index in [0.29, 0.717) is 0 Å². The summed E-state index contributed by atoms with van der Waals surface area (Å²) in [4.78, 5) is 3.62. The maximum atomic E-state index is 6.44. The van der Waals surface area contributed by atoms with E-state index in [4.69, 9.17) is 11.1 Å². The van der Waals surface area contributed by atoms with Gasteiger partial charge < -0.3 is 5.73 Å². The fourth-order valence-corrected chi connectivity index (χ4v) is 0.568. The minimum absolute atomic E-state index is 0.726. The average molecular weight is 127 g/mol. The molecule has 0 rings (SSSR count). The van der Waals surface area contributed by atoms with Crippen LogP contribution in [0.15, 0.2) is 4.99 Å². The fraction of sp³-hybridized carbons (Fsp3) is 0.833. The van der Waals surface area contributed by atoms with Crippen molar-refractivity contribution in [1.29, 1.82) is 5.41 Å². The first-order chi connectivity index (χ1) is 4.41. The normalized spacial score (nSPS) is 8.56. The van der Waals surface area contributed by atoms with E-state index in [9.17, 15) is 0 Å². The van der Waals surface area contributed by atoms with Crippen molar-refractivity contribution in [3.63, 3.8) is 0 Å². The summed E-state index contributed by atoms with van der Waals surface area (Å²) >= 11 is 0. The lowest BCUT2D eigenvalue weighted by atomic mass is 10.2. The number of rotatable bonds is 5. The van der Waals surface area contributed by atoms with Crippen LogP contribution in [0.5, 0.6) is 0 Å². The number of nitrogens with zero attached hydrogens (tertiary/aromatic N) is 1. The van der Waals surface area contributed by atoms with E-state index in [0.717, 1.165) is 32.4 Å². The molecule has 0 bridgehead atoms. The Morgan fingerprint density at radius 3 is 2.67 bits per heavy atom. The van der Waals surface area contributed by atoms with Crippen LogP contribution in [0.1, 0.15) is 19.3 Å². The lowest BCUT2D eigenvalue weighted by molar-refractivity contribution is 0.696. The van der Waals surface area contributed by atoms with Crippen molar-refractivity contribution in [2.45, 2.75) is 19.3 Å². The molecule has 0 amide bonds. The number of hydrogen-bond acceptors (Lipinski definition) is 3. The van der Waals surface area contributed by atoms with E-state index < -0.39 is 0 Å². The predicted molar refractivity (Wildman–Crippen MR) is 37.9 cm³/mol. The van der Waals surface area contributed by atoms with Crippen LogP contribution in [0.3, 0.4) is 0 Å². The van der Waals surface area contributed by atoms with E-state index in [1.54, 1.807) is 0 Å². The smallest absolute Gasteiger partial charge is 0.0861 e. The van der Waals surface area contributed by atoms with Gasteiger partial charge >= 0.3 is 0 Å². The molecular weight excluding hydrogens is 114 g/mol. The molecule has 0 atom stereocenters. The van der Waals surface area contributed by atoms with Gasteiger partial charge in [0, 0.05) is 6.54 Å². The summed E-state index contributed by atoms with van der Waals surface area (Å²) < 4.78 is 0. The SMILES string of the molecule is N=C=NCCCCCN. The van der Waals surface area contributed by atoms with Crippen LogP contribution < -0.4 is 5.73 Å². The highest BCUT2D eigenvalue weighted by atomic mass is 14.7. The maximum absolute atomic E-state index is 6.44. The van der Waals surface area contributed by atoms with Gasteiger partial charge in [-0.3, -0.25) is 0 Å². The number of hydrogen-bond donors (Lipinski definition) is 2. The molecule has 3 N–H and O–H groups in total. The lowest BCUT2D eigenvalue weighted by Gasteiger charge is -1.91. The van der Waals surface area contributed by atoms with E-state index in [1.807, 2.05) is 6.01 Å². The summed E-state index contributed by atoms with van der Waals surface area (Å²) in [6, 6.07) is 1.99. The molecule has 0 fully saturated rings. The molecule has 52 valence electrons. The van der Waals surface area contributed by atoms with Crippen molar-refractivity contribution in [2.75, 3.05) is 13.1 Å². The summed E-state index contributed by atoms with van der Waals surface area (Å²) in [5.41, 5.74) is 5.26. The molecule has 0 aromatic rings. The van der Waals surface area contributed by atoms with Gasteiger partial charge in [0.05, 0.1) is 6.01 Å². The van der Waals surface area contributed by atoms with Crippen molar-refractivity contribution < 1.29 is 0 Å². The monoisotopic (exact) mass is 127 g/mol. The molecule has 3 nitrogen and oxygen atoms in total. The van der Waals surface area contributed by atoms with Crippen molar-refractivity contribution in [2.24, 2.45) is 10.7 Å². The van der Waals surface area contributed by atoms with Crippen LogP contribution in [-0.4, -0.2) is 19.1 Å². The van der Waals surface area contributed by atoms with Crippen LogP contribution in [0.2, 0.25) is 0 Å². The number of aliphatic imine (C=N–C) groups is 1. The first-order valence-electron chi connectivity index (χ1n) is 3.20. The molecule has 0 aromatic heterocycles. The fourth-order valence-electron chi connectivity index (χ4n) is 0.568. The van der Waals surface area contributed by atoms with Crippen LogP contribution in [0, 0.1) is 5.41 Å². The van der Waals surface area contributed by atoms with E-state index in [2.05, 4.69) is 4.99 Å². The molecule has 0 radical (unpaired) electrons. The number of nitrogens with two attached hydrogens (primary N) is 1. The van der Waals surface area contributed by atoms with E-state index >= 15 is 0 Å². The molecule has 3 heteroatoms. The van der Waals surface area contributed by atoms with Gasteiger partial charge in [0.2, 0.25) is 0 Å². The zero-order valence-corrected chi connectivity index (χ0v) is 5.56. The molecule has 0 aliphatic heterocycles. The Hall–Kier alpha value is -0.660. The number of unbranched alkanes of at least 4 members (excludes halogenated alkanes) is 2. The second-order valence-corrected chi connectivity index (χ2v) is 1.84. The highest BCUT2D eigenvalue weighted by Crippen LogP contribution is 1.91. The molecule has 0 aliphatic rings. The van der Waals surface area contributed by atoms with Crippen molar-refractivity contribution in [1.82, 2.24) is 0 Å². The zero-order valence-electron chi connectivity index (χ0n) is 5.56. The molecule has 0 aromatic carbocycles. The third-order valence-corrected chi connectivity index (χ3v) is 1.05. The van der Waals surface area contributed by atoms with Crippen LogP contribution >= 0.6 is 0 Å². The van der Waals surface area contributed by atoms with Gasteiger partial charge in [0.25, 0.3) is 0 Å². The lowest BCUT2D eigenvalue weighted by Crippen LogP contribution is -1.97. The van der Waals surface area contributed by atoms with E-state index in [1.165, 1.54) is 0 Å². The van der Waals surface area contributed by atoms with Gasteiger partial charge in [0.1, 0.15) is 0 Å². The molecule has 0 heterocycles. The topological polar surface area (TPSA) is 62.2 Å². The molecule has 0 spiro atoms. The molecule has 0 unspecified atom stereocenters. The Morgan fingerprint density at radius 1 is 1.33 bits per heavy atom. The van der Waals surface area contributed by atoms with E-state index in [-0.39, 0.29) is 0 Å². The van der Waals surface area contributed by atoms with Gasteiger partial charge in [-0.25, -0.2) is 10.4 Å². The molecular formula is C6H13N3. The third-order valence-electron chi connectivity index (χ3n) is 1.05. The second-order valence-electron chi connectivity index (χ2n) is 1.84. The second kappa shape index (κ2) is 7.34. The van der Waals surface area contributed by atoms with Crippen molar-refractivity contribution in [3.05, 3.63) is 0 Å². The summed E-state index contributed by atoms with van der Waals surface area (Å²) in [5, 5.41) is 6.44. The molecule has 0 saturated carbocycles. The summed E-state index contributed by atoms with van der Waals surface area (Å²) in [6.07, 6.45) is 3.21. The Balaban J connectivity index is 2.82. The highest BCUT2D eigenvalue weighted by molar-refractivity contribution is 5.35. The van der Waals surface area contributed by atoms with Gasteiger partial charge in [-0.15, -0.1) is 0 Å². The van der Waals surface area contributed by atoms with Crippen molar-refractivity contribution >= 4 is 6.01 Å². The largest absolute Gasteiger partial charge is 0.330 e. The number of nitrogens with one attached hydrogen (secondary N) is 1. The molecule has 0 aliphatic carbocycles. The van der Waals surface area contributed by atoms with Gasteiger partial charge in [-0.2, -0.15) is 0 Å². The molecule has 9 heavy (non-hydrogen) atoms. The minimum Gasteiger partial charge on any atom is -0.330 e. The predicted octanol–water partition coefficient (Wildman–Crippen LogP) is 0.868. The first-order valence-corrected chi connectivity index (χ1v) is 3.20.